The van der Waals surface area contributed by atoms with Gasteiger partial charge >= 0.3 is 6.03 Å². The minimum absolute atomic E-state index is 0.0718. The lowest BCUT2D eigenvalue weighted by Crippen LogP contribution is -2.34. The Kier molecular flexibility index (Phi) is 3.41. The number of likely N-dealkylation sites (tertiary alicyclic amines) is 1. The molecule has 19 heavy (non-hydrogen) atoms. The van der Waals surface area contributed by atoms with Gasteiger partial charge < -0.3 is 4.90 Å². The number of nitrogens with one attached hydrogen (secondary N) is 1. The lowest BCUT2D eigenvalue weighted by molar-refractivity contribution is 0.207. The maximum absolute atomic E-state index is 12.3. The number of hydrogen-bond donors (Lipinski definition) is 1. The molecule has 5 nitrogen and oxygen atoms in total. The zero-order valence-electron chi connectivity index (χ0n) is 10.3. The average molecular weight is 274 g/mol. The van der Waals surface area contributed by atoms with Crippen LogP contribution in [0.2, 0.25) is 0 Å². The Morgan fingerprint density at radius 3 is 2.95 bits per heavy atom. The molecule has 2 aromatic rings. The zero-order valence-corrected chi connectivity index (χ0v) is 11.1. The molecule has 1 aliphatic heterocycles. The van der Waals surface area contributed by atoms with Crippen molar-refractivity contribution in [3.63, 3.8) is 0 Å². The van der Waals surface area contributed by atoms with E-state index in [0.29, 0.717) is 5.00 Å². The van der Waals surface area contributed by atoms with Crippen LogP contribution in [0.25, 0.3) is 0 Å². The number of hydrogen-bond acceptors (Lipinski definition) is 4. The van der Waals surface area contributed by atoms with E-state index in [1.54, 1.807) is 6.20 Å². The topological polar surface area (TPSA) is 58.1 Å². The second-order valence-electron chi connectivity index (χ2n) is 4.47. The van der Waals surface area contributed by atoms with Crippen molar-refractivity contribution in [3.05, 3.63) is 42.1 Å². The highest BCUT2D eigenvalue weighted by Crippen LogP contribution is 2.32. The van der Waals surface area contributed by atoms with Gasteiger partial charge in [0.2, 0.25) is 0 Å². The molecule has 1 atom stereocenters. The second kappa shape index (κ2) is 5.36. The minimum Gasteiger partial charge on any atom is -0.317 e. The van der Waals surface area contributed by atoms with Crippen molar-refractivity contribution in [2.75, 3.05) is 11.9 Å². The molecule has 1 aliphatic rings. The Labute approximate surface area is 115 Å². The first kappa shape index (κ1) is 12.1. The number of rotatable bonds is 2. The first-order valence-corrected chi connectivity index (χ1v) is 7.02. The third-order valence-corrected chi connectivity index (χ3v) is 3.87. The highest BCUT2D eigenvalue weighted by Gasteiger charge is 2.29. The molecular formula is C13H14N4OS. The van der Waals surface area contributed by atoms with E-state index in [2.05, 4.69) is 27.0 Å². The summed E-state index contributed by atoms with van der Waals surface area (Å²) in [5.41, 5.74) is 1.19. The first-order valence-electron chi connectivity index (χ1n) is 6.24. The van der Waals surface area contributed by atoms with Crippen LogP contribution in [0.1, 0.15) is 24.4 Å². The Bertz CT molecular complexity index is 543. The molecule has 2 heterocycles. The predicted octanol–water partition coefficient (Wildman–Crippen LogP) is 2.91. The number of carbonyl (C=O) groups excluding carboxylic acids is 1. The maximum atomic E-state index is 12.3. The Morgan fingerprint density at radius 1 is 1.37 bits per heavy atom. The second-order valence-corrected chi connectivity index (χ2v) is 5.26. The van der Waals surface area contributed by atoms with Crippen molar-refractivity contribution in [1.29, 1.82) is 0 Å². The lowest BCUT2D eigenvalue weighted by Gasteiger charge is -2.24. The van der Waals surface area contributed by atoms with Crippen molar-refractivity contribution in [2.45, 2.75) is 18.9 Å². The summed E-state index contributed by atoms with van der Waals surface area (Å²) >= 11 is 1.19. The summed E-state index contributed by atoms with van der Waals surface area (Å²) < 4.78 is 3.74. The summed E-state index contributed by atoms with van der Waals surface area (Å²) in [6.45, 7) is 0.789. The van der Waals surface area contributed by atoms with E-state index in [4.69, 9.17) is 0 Å². The van der Waals surface area contributed by atoms with Gasteiger partial charge in [-0.05, 0) is 18.4 Å². The van der Waals surface area contributed by atoms with Crippen molar-refractivity contribution in [2.24, 2.45) is 0 Å². The molecule has 0 spiro atoms. The van der Waals surface area contributed by atoms with E-state index in [0.717, 1.165) is 19.4 Å². The van der Waals surface area contributed by atoms with Crippen molar-refractivity contribution in [1.82, 2.24) is 14.5 Å². The molecule has 1 saturated heterocycles. The van der Waals surface area contributed by atoms with Crippen LogP contribution in [0.3, 0.4) is 0 Å². The van der Waals surface area contributed by atoms with E-state index >= 15 is 0 Å². The summed E-state index contributed by atoms with van der Waals surface area (Å²) in [6, 6.07) is 10.3. The highest BCUT2D eigenvalue weighted by molar-refractivity contribution is 7.10. The zero-order chi connectivity index (χ0) is 13.1. The van der Waals surface area contributed by atoms with Gasteiger partial charge in [-0.3, -0.25) is 5.32 Å². The normalized spacial score (nSPS) is 18.5. The highest BCUT2D eigenvalue weighted by atomic mass is 32.1. The molecule has 1 fully saturated rings. The van der Waals surface area contributed by atoms with Crippen LogP contribution in [0.4, 0.5) is 9.80 Å². The molecule has 1 aromatic carbocycles. The van der Waals surface area contributed by atoms with Crippen LogP contribution in [0, 0.1) is 0 Å². The third kappa shape index (κ3) is 2.58. The fourth-order valence-electron chi connectivity index (χ4n) is 2.43. The molecule has 6 heteroatoms. The fourth-order valence-corrected chi connectivity index (χ4v) is 2.84. The van der Waals surface area contributed by atoms with Gasteiger partial charge in [0.05, 0.1) is 12.2 Å². The van der Waals surface area contributed by atoms with Gasteiger partial charge in [0, 0.05) is 18.1 Å². The third-order valence-electron chi connectivity index (χ3n) is 3.29. The molecule has 1 unspecified atom stereocenters. The van der Waals surface area contributed by atoms with Crippen LogP contribution >= 0.6 is 11.5 Å². The van der Waals surface area contributed by atoms with Gasteiger partial charge in [0.15, 0.2) is 0 Å². The molecule has 0 radical (unpaired) electrons. The smallest absolute Gasteiger partial charge is 0.317 e. The molecule has 0 bridgehead atoms. The van der Waals surface area contributed by atoms with Crippen LogP contribution < -0.4 is 5.32 Å². The number of urea groups is 1. The number of amides is 2. The number of benzene rings is 1. The molecular weight excluding hydrogens is 260 g/mol. The first-order chi connectivity index (χ1) is 9.34. The summed E-state index contributed by atoms with van der Waals surface area (Å²) in [5, 5.41) is 7.24. The van der Waals surface area contributed by atoms with Crippen LogP contribution in [0.5, 0.6) is 0 Å². The largest absolute Gasteiger partial charge is 0.323 e. The van der Waals surface area contributed by atoms with Gasteiger partial charge in [-0.2, -0.15) is 0 Å². The van der Waals surface area contributed by atoms with E-state index < -0.39 is 0 Å². The molecule has 3 rings (SSSR count). The molecule has 0 saturated carbocycles. The quantitative estimate of drug-likeness (QED) is 0.916. The Balaban J connectivity index is 1.74. The summed E-state index contributed by atoms with van der Waals surface area (Å²) in [5.74, 6) is 0. The number of aromatic nitrogens is 2. The summed E-state index contributed by atoms with van der Waals surface area (Å²) in [6.07, 6.45) is 3.61. The minimum atomic E-state index is -0.0718. The summed E-state index contributed by atoms with van der Waals surface area (Å²) in [4.78, 5) is 14.1. The van der Waals surface area contributed by atoms with E-state index in [1.165, 1.54) is 17.1 Å². The molecule has 2 amide bonds. The van der Waals surface area contributed by atoms with Crippen molar-refractivity contribution in [3.8, 4) is 0 Å². The fraction of sp³-hybridized carbons (Fsp3) is 0.308. The van der Waals surface area contributed by atoms with E-state index in [1.807, 2.05) is 23.1 Å². The molecule has 98 valence electrons. The monoisotopic (exact) mass is 274 g/mol. The average Bonchev–Trinajstić information content (AvgIpc) is 3.10. The number of anilines is 1. The lowest BCUT2D eigenvalue weighted by atomic mass is 10.1. The van der Waals surface area contributed by atoms with Crippen molar-refractivity contribution >= 4 is 22.6 Å². The van der Waals surface area contributed by atoms with Crippen LogP contribution in [0.15, 0.2) is 36.5 Å². The van der Waals surface area contributed by atoms with Gasteiger partial charge in [0.1, 0.15) is 5.00 Å². The van der Waals surface area contributed by atoms with E-state index in [9.17, 15) is 4.79 Å². The number of nitrogens with zero attached hydrogens (tertiary/aromatic N) is 3. The number of carbonyl (C=O) groups is 1. The Morgan fingerprint density at radius 2 is 2.21 bits per heavy atom. The predicted molar refractivity (Wildman–Crippen MR) is 74.1 cm³/mol. The molecule has 0 aliphatic carbocycles. The SMILES string of the molecule is O=C(Nc1cnns1)N1CCCC1c1ccccc1. The van der Waals surface area contributed by atoms with Gasteiger partial charge in [0.25, 0.3) is 0 Å². The van der Waals surface area contributed by atoms with Gasteiger partial charge in [-0.15, -0.1) is 5.10 Å². The molecule has 1 N–H and O–H groups in total. The standard InChI is InChI=1S/C13H14N4OS/c18-13(15-12-9-14-16-19-12)17-8-4-7-11(17)10-5-2-1-3-6-10/h1-3,5-6,9,11H,4,7-8H2,(H,15,18). The Hall–Kier alpha value is -1.95. The van der Waals surface area contributed by atoms with Crippen molar-refractivity contribution < 1.29 is 4.79 Å². The van der Waals surface area contributed by atoms with Gasteiger partial charge in [-0.25, -0.2) is 4.79 Å². The van der Waals surface area contributed by atoms with Gasteiger partial charge in [-0.1, -0.05) is 34.8 Å². The van der Waals surface area contributed by atoms with Crippen LogP contribution in [-0.4, -0.2) is 27.1 Å². The van der Waals surface area contributed by atoms with E-state index in [-0.39, 0.29) is 12.1 Å². The van der Waals surface area contributed by atoms with Crippen LogP contribution in [-0.2, 0) is 0 Å². The molecule has 1 aromatic heterocycles. The maximum Gasteiger partial charge on any atom is 0.323 e. The summed E-state index contributed by atoms with van der Waals surface area (Å²) in [7, 11) is 0.